The van der Waals surface area contributed by atoms with Crippen LogP contribution >= 0.6 is 39.0 Å². The number of amides is 1. The minimum absolute atomic E-state index is 0.191. The molecular formula is C23H25BrN4O3S2. The van der Waals surface area contributed by atoms with Crippen LogP contribution in [0.4, 0.5) is 0 Å². The molecule has 1 N–H and O–H groups in total. The molecule has 1 heterocycles. The first kappa shape index (κ1) is 25.2. The maximum atomic E-state index is 12.2. The summed E-state index contributed by atoms with van der Waals surface area (Å²) in [6.07, 6.45) is 2.51. The van der Waals surface area contributed by atoms with Gasteiger partial charge in [0.1, 0.15) is 5.01 Å². The average Bonchev–Trinajstić information content (AvgIpc) is 3.28. The van der Waals surface area contributed by atoms with Crippen molar-refractivity contribution in [2.45, 2.75) is 24.6 Å². The molecule has 1 aromatic heterocycles. The largest absolute Gasteiger partial charge is 0.493 e. The van der Waals surface area contributed by atoms with Crippen LogP contribution in [0, 0.1) is 5.92 Å². The van der Waals surface area contributed by atoms with Crippen molar-refractivity contribution in [1.82, 2.24) is 15.6 Å². The van der Waals surface area contributed by atoms with Gasteiger partial charge in [-0.2, -0.15) is 5.10 Å². The number of halogens is 1. The Labute approximate surface area is 210 Å². The lowest BCUT2D eigenvalue weighted by Crippen LogP contribution is -2.19. The normalized spacial score (nSPS) is 11.2. The number of thioether (sulfide) groups is 1. The lowest BCUT2D eigenvalue weighted by Gasteiger charge is -2.14. The van der Waals surface area contributed by atoms with Crippen molar-refractivity contribution >= 4 is 51.2 Å². The molecule has 3 aromatic rings. The molecule has 10 heteroatoms. The highest BCUT2D eigenvalue weighted by Crippen LogP contribution is 2.36. The van der Waals surface area contributed by atoms with E-state index in [-0.39, 0.29) is 11.7 Å². The number of aromatic nitrogens is 2. The highest BCUT2D eigenvalue weighted by molar-refractivity contribution is 9.10. The zero-order valence-electron chi connectivity index (χ0n) is 18.6. The van der Waals surface area contributed by atoms with Gasteiger partial charge in [-0.1, -0.05) is 67.3 Å². The van der Waals surface area contributed by atoms with Gasteiger partial charge in [-0.25, -0.2) is 5.43 Å². The first-order valence-corrected chi connectivity index (χ1v) is 12.9. The quantitative estimate of drug-likeness (QED) is 0.189. The summed E-state index contributed by atoms with van der Waals surface area (Å²) in [5, 5.41) is 13.2. The number of nitrogens with one attached hydrogen (secondary N) is 1. The van der Waals surface area contributed by atoms with E-state index in [0.29, 0.717) is 24.0 Å². The van der Waals surface area contributed by atoms with E-state index in [9.17, 15) is 4.79 Å². The summed E-state index contributed by atoms with van der Waals surface area (Å²) in [6.45, 7) is 4.91. The molecule has 0 radical (unpaired) electrons. The third kappa shape index (κ3) is 7.83. The van der Waals surface area contributed by atoms with Crippen molar-refractivity contribution in [3.05, 3.63) is 52.5 Å². The van der Waals surface area contributed by atoms with Crippen LogP contribution in [-0.4, -0.2) is 41.8 Å². The summed E-state index contributed by atoms with van der Waals surface area (Å²) in [4.78, 5) is 12.2. The molecule has 0 unspecified atom stereocenters. The first-order valence-electron chi connectivity index (χ1n) is 10.3. The number of hydrogen-bond donors (Lipinski definition) is 1. The Morgan fingerprint density at radius 2 is 2.06 bits per heavy atom. The summed E-state index contributed by atoms with van der Waals surface area (Å²) < 4.78 is 12.8. The molecule has 0 fully saturated rings. The third-order valence-electron chi connectivity index (χ3n) is 4.35. The fourth-order valence-electron chi connectivity index (χ4n) is 2.65. The second-order valence-electron chi connectivity index (χ2n) is 7.39. The van der Waals surface area contributed by atoms with Gasteiger partial charge in [0, 0.05) is 5.56 Å². The maximum absolute atomic E-state index is 12.2. The van der Waals surface area contributed by atoms with Crippen LogP contribution in [0.3, 0.4) is 0 Å². The van der Waals surface area contributed by atoms with Gasteiger partial charge in [0.25, 0.3) is 5.91 Å². The molecule has 174 valence electrons. The Morgan fingerprint density at radius 3 is 2.79 bits per heavy atom. The highest BCUT2D eigenvalue weighted by Gasteiger charge is 2.12. The summed E-state index contributed by atoms with van der Waals surface area (Å²) in [5.74, 6) is 1.77. The van der Waals surface area contributed by atoms with E-state index in [1.54, 1.807) is 13.3 Å². The van der Waals surface area contributed by atoms with Gasteiger partial charge < -0.3 is 9.47 Å². The molecule has 0 aliphatic carbocycles. The lowest BCUT2D eigenvalue weighted by atomic mass is 10.1. The van der Waals surface area contributed by atoms with Gasteiger partial charge in [-0.15, -0.1) is 10.2 Å². The molecule has 0 spiro atoms. The van der Waals surface area contributed by atoms with Crippen LogP contribution in [-0.2, 0) is 4.79 Å². The predicted molar refractivity (Wildman–Crippen MR) is 137 cm³/mol. The number of nitrogens with zero attached hydrogens (tertiary/aromatic N) is 3. The Balaban J connectivity index is 1.51. The highest BCUT2D eigenvalue weighted by atomic mass is 79.9. The maximum Gasteiger partial charge on any atom is 0.250 e. The molecule has 3 rings (SSSR count). The van der Waals surface area contributed by atoms with Crippen molar-refractivity contribution in [2.75, 3.05) is 19.5 Å². The molecule has 0 aliphatic rings. The number of hydrogen-bond acceptors (Lipinski definition) is 8. The van der Waals surface area contributed by atoms with Gasteiger partial charge in [0.05, 0.1) is 30.2 Å². The molecule has 2 aromatic carbocycles. The molecule has 0 atom stereocenters. The van der Waals surface area contributed by atoms with Crippen molar-refractivity contribution in [3.8, 4) is 22.1 Å². The number of hydrazone groups is 1. The van der Waals surface area contributed by atoms with Gasteiger partial charge in [0.2, 0.25) is 0 Å². The number of carbonyl (C=O) groups is 1. The van der Waals surface area contributed by atoms with E-state index >= 15 is 0 Å². The van der Waals surface area contributed by atoms with Gasteiger partial charge in [-0.05, 0) is 46.0 Å². The zero-order valence-corrected chi connectivity index (χ0v) is 21.8. The summed E-state index contributed by atoms with van der Waals surface area (Å²) in [7, 11) is 1.59. The summed E-state index contributed by atoms with van der Waals surface area (Å²) in [6, 6.07) is 13.5. The van der Waals surface area contributed by atoms with E-state index in [0.717, 1.165) is 31.4 Å². The van der Waals surface area contributed by atoms with Crippen molar-refractivity contribution in [2.24, 2.45) is 11.0 Å². The molecule has 0 saturated heterocycles. The Kier molecular flexibility index (Phi) is 9.71. The first-order chi connectivity index (χ1) is 16.0. The number of rotatable bonds is 11. The second kappa shape index (κ2) is 12.7. The van der Waals surface area contributed by atoms with E-state index in [2.05, 4.69) is 50.5 Å². The molecular weight excluding hydrogens is 524 g/mol. The fraction of sp³-hybridized carbons (Fsp3) is 0.304. The molecule has 1 amide bonds. The van der Waals surface area contributed by atoms with E-state index < -0.39 is 0 Å². The second-order valence-corrected chi connectivity index (χ2v) is 10.4. The minimum atomic E-state index is -0.229. The predicted octanol–water partition coefficient (Wildman–Crippen LogP) is 5.64. The van der Waals surface area contributed by atoms with Gasteiger partial charge in [-0.3, -0.25) is 4.79 Å². The zero-order chi connectivity index (χ0) is 23.6. The number of benzene rings is 2. The van der Waals surface area contributed by atoms with Crippen molar-refractivity contribution in [1.29, 1.82) is 0 Å². The molecule has 0 saturated carbocycles. The number of methoxy groups -OCH3 is 1. The molecule has 7 nitrogen and oxygen atoms in total. The van der Waals surface area contributed by atoms with Crippen molar-refractivity contribution < 1.29 is 14.3 Å². The SMILES string of the molecule is COc1cc(C=NNC(=O)CSc2nnc(-c3ccccc3)s2)cc(Br)c1OCCC(C)C. The molecule has 0 aliphatic heterocycles. The fourth-order valence-corrected chi connectivity index (χ4v) is 4.88. The number of ether oxygens (including phenoxy) is 2. The Morgan fingerprint density at radius 1 is 1.27 bits per heavy atom. The van der Waals surface area contributed by atoms with E-state index in [1.165, 1.54) is 23.1 Å². The van der Waals surface area contributed by atoms with Crippen LogP contribution in [0.25, 0.3) is 10.6 Å². The van der Waals surface area contributed by atoms with E-state index in [1.807, 2.05) is 42.5 Å². The molecule has 33 heavy (non-hydrogen) atoms. The monoisotopic (exact) mass is 548 g/mol. The van der Waals surface area contributed by atoms with Crippen LogP contribution in [0.15, 0.2) is 56.4 Å². The Hall–Kier alpha value is -2.43. The van der Waals surface area contributed by atoms with Crippen LogP contribution in [0.5, 0.6) is 11.5 Å². The van der Waals surface area contributed by atoms with Gasteiger partial charge in [0.15, 0.2) is 15.8 Å². The number of carbonyl (C=O) groups excluding carboxylic acids is 1. The Bertz CT molecular complexity index is 1090. The standard InChI is InChI=1S/C23H25BrN4O3S2/c1-15(2)9-10-31-21-18(24)11-16(12-19(21)30-3)13-25-26-20(29)14-32-23-28-27-22(33-23)17-7-5-4-6-8-17/h4-8,11-13,15H,9-10,14H2,1-3H3,(H,26,29). The average molecular weight is 550 g/mol. The topological polar surface area (TPSA) is 85.7 Å². The molecule has 0 bridgehead atoms. The summed E-state index contributed by atoms with van der Waals surface area (Å²) >= 11 is 6.31. The minimum Gasteiger partial charge on any atom is -0.493 e. The smallest absolute Gasteiger partial charge is 0.250 e. The van der Waals surface area contributed by atoms with E-state index in [4.69, 9.17) is 9.47 Å². The van der Waals surface area contributed by atoms with Gasteiger partial charge >= 0.3 is 0 Å². The third-order valence-corrected chi connectivity index (χ3v) is 7.04. The summed E-state index contributed by atoms with van der Waals surface area (Å²) in [5.41, 5.74) is 4.31. The lowest BCUT2D eigenvalue weighted by molar-refractivity contribution is -0.118. The van der Waals surface area contributed by atoms with Crippen molar-refractivity contribution in [3.63, 3.8) is 0 Å². The van der Waals surface area contributed by atoms with Crippen LogP contribution in [0.1, 0.15) is 25.8 Å². The van der Waals surface area contributed by atoms with Crippen LogP contribution in [0.2, 0.25) is 0 Å². The van der Waals surface area contributed by atoms with Crippen LogP contribution < -0.4 is 14.9 Å².